The zero-order valence-electron chi connectivity index (χ0n) is 16.2. The Labute approximate surface area is 179 Å². The molecule has 29 heavy (non-hydrogen) atoms. The molecule has 4 nitrogen and oxygen atoms in total. The second-order valence-electron chi connectivity index (χ2n) is 7.11. The van der Waals surface area contributed by atoms with Crippen LogP contribution in [0.15, 0.2) is 94.5 Å². The van der Waals surface area contributed by atoms with Crippen LogP contribution in [0.1, 0.15) is 29.8 Å². The number of hydrogen-bond acceptors (Lipinski definition) is 3. The number of carbonyl (C=O) groups excluding carboxylic acids is 1. The average Bonchev–Trinajstić information content (AvgIpc) is 3.04. The highest BCUT2D eigenvalue weighted by Gasteiger charge is 2.39. The van der Waals surface area contributed by atoms with Gasteiger partial charge in [0.1, 0.15) is 6.17 Å². The molecule has 0 N–H and O–H groups in total. The Morgan fingerprint density at radius 2 is 1.59 bits per heavy atom. The molecular formula is C24H22BrN3O. The third-order valence-corrected chi connectivity index (χ3v) is 5.55. The van der Waals surface area contributed by atoms with Crippen LogP contribution in [-0.2, 0) is 11.3 Å². The summed E-state index contributed by atoms with van der Waals surface area (Å²) in [5.74, 6) is 0.00382. The monoisotopic (exact) mass is 447 g/mol. The van der Waals surface area contributed by atoms with Crippen molar-refractivity contribution in [2.24, 2.45) is 5.10 Å². The fourth-order valence-corrected chi connectivity index (χ4v) is 3.84. The molecule has 0 saturated carbocycles. The number of benzene rings is 3. The van der Waals surface area contributed by atoms with Crippen LogP contribution in [0.3, 0.4) is 0 Å². The van der Waals surface area contributed by atoms with E-state index in [2.05, 4.69) is 33.0 Å². The van der Waals surface area contributed by atoms with Crippen LogP contribution in [0.4, 0.5) is 0 Å². The maximum absolute atomic E-state index is 13.0. The third kappa shape index (κ3) is 4.47. The van der Waals surface area contributed by atoms with Crippen molar-refractivity contribution in [3.63, 3.8) is 0 Å². The topological polar surface area (TPSA) is 35.9 Å². The van der Waals surface area contributed by atoms with E-state index in [4.69, 9.17) is 5.10 Å². The molecule has 0 bridgehead atoms. The first-order valence-electron chi connectivity index (χ1n) is 9.58. The van der Waals surface area contributed by atoms with Gasteiger partial charge in [0.2, 0.25) is 0 Å². The van der Waals surface area contributed by atoms with Gasteiger partial charge in [-0.25, -0.2) is 5.01 Å². The predicted octanol–water partition coefficient (Wildman–Crippen LogP) is 5.22. The fourth-order valence-electron chi connectivity index (χ4n) is 3.58. The van der Waals surface area contributed by atoms with Gasteiger partial charge >= 0.3 is 0 Å². The first-order valence-corrected chi connectivity index (χ1v) is 10.4. The summed E-state index contributed by atoms with van der Waals surface area (Å²) >= 11 is 3.50. The van der Waals surface area contributed by atoms with Crippen LogP contribution >= 0.6 is 15.9 Å². The minimum atomic E-state index is -0.241. The molecular weight excluding hydrogens is 426 g/mol. The molecule has 3 aromatic rings. The molecule has 1 aliphatic heterocycles. The molecule has 3 aromatic carbocycles. The van der Waals surface area contributed by atoms with E-state index in [1.54, 1.807) is 5.01 Å². The summed E-state index contributed by atoms with van der Waals surface area (Å²) in [7, 11) is 0. The summed E-state index contributed by atoms with van der Waals surface area (Å²) in [6.07, 6.45) is -0.241. The summed E-state index contributed by atoms with van der Waals surface area (Å²) in [6.45, 7) is 2.96. The van der Waals surface area contributed by atoms with E-state index in [0.29, 0.717) is 13.1 Å². The zero-order valence-corrected chi connectivity index (χ0v) is 17.8. The van der Waals surface area contributed by atoms with Gasteiger partial charge in [0.25, 0.3) is 5.91 Å². The van der Waals surface area contributed by atoms with E-state index < -0.39 is 0 Å². The Hall–Kier alpha value is -2.76. The molecule has 1 heterocycles. The average molecular weight is 448 g/mol. The minimum Gasteiger partial charge on any atom is -0.271 e. The largest absolute Gasteiger partial charge is 0.271 e. The summed E-state index contributed by atoms with van der Waals surface area (Å²) < 4.78 is 1.01. The van der Waals surface area contributed by atoms with Crippen molar-refractivity contribution in [3.8, 4) is 0 Å². The van der Waals surface area contributed by atoms with Gasteiger partial charge in [-0.15, -0.1) is 0 Å². The lowest BCUT2D eigenvalue weighted by atomic mass is 10.1. The van der Waals surface area contributed by atoms with Crippen molar-refractivity contribution >= 4 is 27.5 Å². The summed E-state index contributed by atoms with van der Waals surface area (Å²) in [4.78, 5) is 15.1. The second-order valence-corrected chi connectivity index (χ2v) is 8.02. The molecule has 1 aliphatic rings. The van der Waals surface area contributed by atoms with E-state index in [0.717, 1.165) is 21.3 Å². The van der Waals surface area contributed by atoms with E-state index in [-0.39, 0.29) is 12.1 Å². The van der Waals surface area contributed by atoms with Crippen LogP contribution in [0.2, 0.25) is 0 Å². The molecule has 1 fully saturated rings. The second kappa shape index (κ2) is 8.72. The molecule has 0 aliphatic carbocycles. The molecule has 5 heteroatoms. The predicted molar refractivity (Wildman–Crippen MR) is 119 cm³/mol. The van der Waals surface area contributed by atoms with Gasteiger partial charge in [-0.1, -0.05) is 88.7 Å². The van der Waals surface area contributed by atoms with Gasteiger partial charge in [-0.2, -0.15) is 5.10 Å². The van der Waals surface area contributed by atoms with Gasteiger partial charge in [0.15, 0.2) is 0 Å². The highest BCUT2D eigenvalue weighted by atomic mass is 79.9. The Kier molecular flexibility index (Phi) is 5.88. The van der Waals surface area contributed by atoms with Gasteiger partial charge in [-0.05, 0) is 35.7 Å². The normalized spacial score (nSPS) is 17.7. The third-order valence-electron chi connectivity index (χ3n) is 5.02. The molecule has 1 atom stereocenters. The standard InChI is InChI=1S/C24H22BrN3O/c1-18(20-10-6-3-7-11-20)26-28-23(29)17-27(16-19-8-4-2-5-9-19)24(28)21-12-14-22(25)15-13-21/h2-15,24H,16-17H2,1H3. The van der Waals surface area contributed by atoms with Crippen LogP contribution in [0, 0.1) is 0 Å². The molecule has 1 saturated heterocycles. The number of hydrogen-bond donors (Lipinski definition) is 0. The van der Waals surface area contributed by atoms with Crippen LogP contribution in [0.5, 0.6) is 0 Å². The number of carbonyl (C=O) groups is 1. The molecule has 146 valence electrons. The number of rotatable bonds is 5. The quantitative estimate of drug-likeness (QED) is 0.502. The summed E-state index contributed by atoms with van der Waals surface area (Å²) in [6, 6.07) is 28.3. The highest BCUT2D eigenvalue weighted by Crippen LogP contribution is 2.33. The number of halogens is 1. The van der Waals surface area contributed by atoms with E-state index >= 15 is 0 Å². The van der Waals surface area contributed by atoms with E-state index in [1.165, 1.54) is 5.56 Å². The zero-order chi connectivity index (χ0) is 20.2. The summed E-state index contributed by atoms with van der Waals surface area (Å²) in [5, 5.41) is 6.38. The smallest absolute Gasteiger partial charge is 0.258 e. The molecule has 0 radical (unpaired) electrons. The number of amides is 1. The molecule has 4 rings (SSSR count). The Balaban J connectivity index is 1.70. The molecule has 0 spiro atoms. The lowest BCUT2D eigenvalue weighted by molar-refractivity contribution is -0.128. The lowest BCUT2D eigenvalue weighted by Crippen LogP contribution is -2.29. The van der Waals surface area contributed by atoms with E-state index in [9.17, 15) is 4.79 Å². The Morgan fingerprint density at radius 3 is 2.24 bits per heavy atom. The Bertz CT molecular complexity index is 1000. The van der Waals surface area contributed by atoms with Crippen molar-refractivity contribution < 1.29 is 4.79 Å². The lowest BCUT2D eigenvalue weighted by Gasteiger charge is -2.28. The molecule has 0 aromatic heterocycles. The fraction of sp³-hybridized carbons (Fsp3) is 0.167. The number of hydrazone groups is 1. The maximum atomic E-state index is 13.0. The maximum Gasteiger partial charge on any atom is 0.258 e. The SMILES string of the molecule is CC(=NN1C(=O)CN(Cc2ccccc2)C1c1ccc(Br)cc1)c1ccccc1. The summed E-state index contributed by atoms with van der Waals surface area (Å²) in [5.41, 5.74) is 4.05. The van der Waals surface area contributed by atoms with Gasteiger partial charge in [-0.3, -0.25) is 9.69 Å². The van der Waals surface area contributed by atoms with E-state index in [1.807, 2.05) is 79.7 Å². The van der Waals surface area contributed by atoms with Crippen molar-refractivity contribution in [2.45, 2.75) is 19.6 Å². The van der Waals surface area contributed by atoms with Crippen molar-refractivity contribution in [1.29, 1.82) is 0 Å². The Morgan fingerprint density at radius 1 is 0.966 bits per heavy atom. The minimum absolute atomic E-state index is 0.00382. The molecule has 1 unspecified atom stereocenters. The van der Waals surface area contributed by atoms with Crippen molar-refractivity contribution in [3.05, 3.63) is 106 Å². The van der Waals surface area contributed by atoms with Crippen LogP contribution in [-0.4, -0.2) is 28.1 Å². The highest BCUT2D eigenvalue weighted by molar-refractivity contribution is 9.10. The van der Waals surface area contributed by atoms with Gasteiger partial charge in [0.05, 0.1) is 12.3 Å². The van der Waals surface area contributed by atoms with Crippen LogP contribution in [0.25, 0.3) is 0 Å². The first-order chi connectivity index (χ1) is 14.1. The van der Waals surface area contributed by atoms with Crippen molar-refractivity contribution in [1.82, 2.24) is 9.91 Å². The first kappa shape index (κ1) is 19.6. The van der Waals surface area contributed by atoms with Crippen LogP contribution < -0.4 is 0 Å². The van der Waals surface area contributed by atoms with Gasteiger partial charge in [0, 0.05) is 11.0 Å². The number of nitrogens with zero attached hydrogens (tertiary/aromatic N) is 3. The molecule has 1 amide bonds. The van der Waals surface area contributed by atoms with Crippen molar-refractivity contribution in [2.75, 3.05) is 6.54 Å². The van der Waals surface area contributed by atoms with Gasteiger partial charge < -0.3 is 0 Å².